The second-order valence-corrected chi connectivity index (χ2v) is 8.74. The fraction of sp³-hybridized carbons (Fsp3) is 0.310. The Balaban J connectivity index is 1.31. The Morgan fingerprint density at radius 1 is 0.889 bits per heavy atom. The van der Waals surface area contributed by atoms with Gasteiger partial charge in [0.25, 0.3) is 5.91 Å². The highest BCUT2D eigenvalue weighted by molar-refractivity contribution is 5.96. The Labute approximate surface area is 212 Å². The Kier molecular flexibility index (Phi) is 8.44. The smallest absolute Gasteiger partial charge is 0.254 e. The first-order chi connectivity index (χ1) is 17.6. The molecule has 7 nitrogen and oxygen atoms in total. The first-order valence-electron chi connectivity index (χ1n) is 12.2. The highest BCUT2D eigenvalue weighted by atomic mass is 16.5. The van der Waals surface area contributed by atoms with E-state index in [9.17, 15) is 9.59 Å². The zero-order valence-electron chi connectivity index (χ0n) is 20.7. The molecule has 1 aliphatic rings. The standard InChI is InChI=1S/C29H32N2O5/c1-34-24-18-23(19-25(20-24)35-2)29(33)31-15-12-22(13-16-31)28(32)30-26-10-6-7-11-27(26)36-17-14-21-8-4-3-5-9-21/h3-11,18-20,22H,12-17H2,1-2H3,(H,30,32). The topological polar surface area (TPSA) is 77.1 Å². The van der Waals surface area contributed by atoms with Crippen molar-refractivity contribution in [3.63, 3.8) is 0 Å². The van der Waals surface area contributed by atoms with Crippen molar-refractivity contribution in [1.29, 1.82) is 0 Å². The van der Waals surface area contributed by atoms with Gasteiger partial charge in [0.2, 0.25) is 5.91 Å². The lowest BCUT2D eigenvalue weighted by atomic mass is 9.95. The summed E-state index contributed by atoms with van der Waals surface area (Å²) in [7, 11) is 3.11. The van der Waals surface area contributed by atoms with Crippen LogP contribution < -0.4 is 19.5 Å². The molecular formula is C29H32N2O5. The first kappa shape index (κ1) is 25.1. The first-order valence-corrected chi connectivity index (χ1v) is 12.2. The van der Waals surface area contributed by atoms with Crippen LogP contribution in [0.3, 0.4) is 0 Å². The lowest BCUT2D eigenvalue weighted by molar-refractivity contribution is -0.121. The molecule has 0 unspecified atom stereocenters. The fourth-order valence-electron chi connectivity index (χ4n) is 4.31. The number of carbonyl (C=O) groups excluding carboxylic acids is 2. The number of methoxy groups -OCH3 is 2. The lowest BCUT2D eigenvalue weighted by Crippen LogP contribution is -2.41. The number of likely N-dealkylation sites (tertiary alicyclic amines) is 1. The number of benzene rings is 3. The Morgan fingerprint density at radius 2 is 1.53 bits per heavy atom. The fourth-order valence-corrected chi connectivity index (χ4v) is 4.31. The summed E-state index contributed by atoms with van der Waals surface area (Å²) in [6, 6.07) is 22.8. The highest BCUT2D eigenvalue weighted by Crippen LogP contribution is 2.28. The molecule has 1 aliphatic heterocycles. The maximum absolute atomic E-state index is 13.0. The van der Waals surface area contributed by atoms with Crippen molar-refractivity contribution in [3.05, 3.63) is 83.9 Å². The molecule has 0 atom stereocenters. The van der Waals surface area contributed by atoms with Crippen molar-refractivity contribution in [2.75, 3.05) is 39.2 Å². The van der Waals surface area contributed by atoms with Gasteiger partial charge >= 0.3 is 0 Å². The summed E-state index contributed by atoms with van der Waals surface area (Å²) in [4.78, 5) is 27.9. The second kappa shape index (κ2) is 12.1. The predicted molar refractivity (Wildman–Crippen MR) is 139 cm³/mol. The number of hydrogen-bond acceptors (Lipinski definition) is 5. The molecule has 0 spiro atoms. The van der Waals surface area contributed by atoms with E-state index in [0.717, 1.165) is 6.42 Å². The number of nitrogens with one attached hydrogen (secondary N) is 1. The molecule has 188 valence electrons. The summed E-state index contributed by atoms with van der Waals surface area (Å²) < 4.78 is 16.5. The third-order valence-electron chi connectivity index (χ3n) is 6.39. The lowest BCUT2D eigenvalue weighted by Gasteiger charge is -2.31. The predicted octanol–water partition coefficient (Wildman–Crippen LogP) is 4.82. The molecule has 1 N–H and O–H groups in total. The van der Waals surface area contributed by atoms with E-state index in [1.165, 1.54) is 5.56 Å². The van der Waals surface area contributed by atoms with E-state index < -0.39 is 0 Å². The van der Waals surface area contributed by atoms with Gasteiger partial charge in [-0.1, -0.05) is 42.5 Å². The van der Waals surface area contributed by atoms with Gasteiger partial charge in [-0.25, -0.2) is 0 Å². The van der Waals surface area contributed by atoms with Gasteiger partial charge in [-0.05, 0) is 42.7 Å². The molecule has 2 amide bonds. The van der Waals surface area contributed by atoms with Crippen molar-refractivity contribution in [2.24, 2.45) is 5.92 Å². The summed E-state index contributed by atoms with van der Waals surface area (Å²) in [5.74, 6) is 1.47. The summed E-state index contributed by atoms with van der Waals surface area (Å²) in [5, 5.41) is 3.03. The van der Waals surface area contributed by atoms with Crippen LogP contribution in [0.25, 0.3) is 0 Å². The van der Waals surface area contributed by atoms with Crippen molar-refractivity contribution < 1.29 is 23.8 Å². The minimum absolute atomic E-state index is 0.0516. The van der Waals surface area contributed by atoms with E-state index in [-0.39, 0.29) is 17.7 Å². The van der Waals surface area contributed by atoms with Gasteiger partial charge < -0.3 is 24.4 Å². The normalized spacial score (nSPS) is 13.7. The van der Waals surface area contributed by atoms with Crippen LogP contribution in [-0.4, -0.2) is 50.6 Å². The van der Waals surface area contributed by atoms with E-state index >= 15 is 0 Å². The minimum atomic E-state index is -0.175. The monoisotopic (exact) mass is 488 g/mol. The number of amides is 2. The van der Waals surface area contributed by atoms with Gasteiger partial charge in [0.1, 0.15) is 17.2 Å². The van der Waals surface area contributed by atoms with Gasteiger partial charge in [-0.2, -0.15) is 0 Å². The van der Waals surface area contributed by atoms with Gasteiger partial charge in [-0.15, -0.1) is 0 Å². The second-order valence-electron chi connectivity index (χ2n) is 8.74. The van der Waals surface area contributed by atoms with Crippen molar-refractivity contribution >= 4 is 17.5 Å². The van der Waals surface area contributed by atoms with E-state index in [1.807, 2.05) is 42.5 Å². The van der Waals surface area contributed by atoms with Crippen LogP contribution in [0.15, 0.2) is 72.8 Å². The Hall–Kier alpha value is -4.00. The third-order valence-corrected chi connectivity index (χ3v) is 6.39. The average molecular weight is 489 g/mol. The number of anilines is 1. The molecule has 3 aromatic rings. The number of carbonyl (C=O) groups is 2. The van der Waals surface area contributed by atoms with Crippen molar-refractivity contribution in [2.45, 2.75) is 19.3 Å². The number of ether oxygens (including phenoxy) is 3. The molecule has 0 aliphatic carbocycles. The zero-order valence-corrected chi connectivity index (χ0v) is 20.7. The Morgan fingerprint density at radius 3 is 2.19 bits per heavy atom. The quantitative estimate of drug-likeness (QED) is 0.468. The van der Waals surface area contributed by atoms with Gasteiger partial charge in [0.05, 0.1) is 26.5 Å². The summed E-state index contributed by atoms with van der Waals surface area (Å²) in [6.45, 7) is 1.53. The minimum Gasteiger partial charge on any atom is -0.497 e. The summed E-state index contributed by atoms with van der Waals surface area (Å²) in [6.07, 6.45) is 1.97. The summed E-state index contributed by atoms with van der Waals surface area (Å²) >= 11 is 0. The van der Waals surface area contributed by atoms with Crippen LogP contribution in [0.5, 0.6) is 17.2 Å². The third kappa shape index (κ3) is 6.36. The molecular weight excluding hydrogens is 456 g/mol. The van der Waals surface area contributed by atoms with E-state index in [2.05, 4.69) is 17.4 Å². The zero-order chi connectivity index (χ0) is 25.3. The highest BCUT2D eigenvalue weighted by Gasteiger charge is 2.28. The molecule has 0 bridgehead atoms. The average Bonchev–Trinajstić information content (AvgIpc) is 2.93. The van der Waals surface area contributed by atoms with Gasteiger partial charge in [0, 0.05) is 37.1 Å². The Bertz CT molecular complexity index is 1150. The van der Waals surface area contributed by atoms with Gasteiger partial charge in [-0.3, -0.25) is 9.59 Å². The van der Waals surface area contributed by atoms with E-state index in [1.54, 1.807) is 37.3 Å². The molecule has 1 saturated heterocycles. The summed E-state index contributed by atoms with van der Waals surface area (Å²) in [5.41, 5.74) is 2.38. The number of para-hydroxylation sites is 2. The van der Waals surface area contributed by atoms with E-state index in [0.29, 0.717) is 61.0 Å². The molecule has 1 fully saturated rings. The van der Waals surface area contributed by atoms with Gasteiger partial charge in [0.15, 0.2) is 0 Å². The maximum atomic E-state index is 13.0. The van der Waals surface area contributed by atoms with E-state index in [4.69, 9.17) is 14.2 Å². The molecule has 1 heterocycles. The molecule has 0 radical (unpaired) electrons. The number of rotatable bonds is 9. The number of piperidine rings is 1. The molecule has 7 heteroatoms. The molecule has 0 aromatic heterocycles. The van der Waals surface area contributed by atoms with Crippen LogP contribution >= 0.6 is 0 Å². The van der Waals surface area contributed by atoms with Crippen molar-refractivity contribution in [1.82, 2.24) is 4.90 Å². The van der Waals surface area contributed by atoms with Crippen LogP contribution in [-0.2, 0) is 11.2 Å². The molecule has 0 saturated carbocycles. The van der Waals surface area contributed by atoms with Crippen LogP contribution in [0.1, 0.15) is 28.8 Å². The van der Waals surface area contributed by atoms with Crippen LogP contribution in [0.2, 0.25) is 0 Å². The largest absolute Gasteiger partial charge is 0.497 e. The van der Waals surface area contributed by atoms with Crippen LogP contribution in [0, 0.1) is 5.92 Å². The maximum Gasteiger partial charge on any atom is 0.254 e. The van der Waals surface area contributed by atoms with Crippen LogP contribution in [0.4, 0.5) is 5.69 Å². The number of nitrogens with zero attached hydrogens (tertiary/aromatic N) is 1. The molecule has 3 aromatic carbocycles. The number of hydrogen-bond donors (Lipinski definition) is 1. The molecule has 36 heavy (non-hydrogen) atoms. The van der Waals surface area contributed by atoms with Crippen molar-refractivity contribution in [3.8, 4) is 17.2 Å². The molecule has 4 rings (SSSR count). The SMILES string of the molecule is COc1cc(OC)cc(C(=O)N2CCC(C(=O)Nc3ccccc3OCCc3ccccc3)CC2)c1.